The zero-order chi connectivity index (χ0) is 28.5. The van der Waals surface area contributed by atoms with Crippen LogP contribution in [0.2, 0.25) is 0 Å². The van der Waals surface area contributed by atoms with Crippen LogP contribution in [-0.4, -0.2) is 78.5 Å². The number of aliphatic carboxylic acids is 1. The van der Waals surface area contributed by atoms with Crippen LogP contribution in [0, 0.1) is 0 Å². The molecule has 14 N–H and O–H groups in total. The Bertz CT molecular complexity index is 978. The van der Waals surface area contributed by atoms with Gasteiger partial charge in [-0.3, -0.25) is 24.4 Å². The van der Waals surface area contributed by atoms with E-state index in [0.29, 0.717) is 12.8 Å². The number of hydrogen-bond acceptors (Lipinski definition) is 7. The first kappa shape index (κ1) is 31.6. The fraction of sp³-hybridized carbons (Fsp3) is 0.478. The molecule has 15 nitrogen and oxygen atoms in total. The van der Waals surface area contributed by atoms with Gasteiger partial charge in [0.2, 0.25) is 17.7 Å². The highest BCUT2D eigenvalue weighted by Crippen LogP contribution is 2.07. The lowest BCUT2D eigenvalue weighted by molar-refractivity contribution is -0.142. The molecule has 0 bridgehead atoms. The Morgan fingerprint density at radius 3 is 1.76 bits per heavy atom. The van der Waals surface area contributed by atoms with Gasteiger partial charge in [0.15, 0.2) is 11.9 Å². The summed E-state index contributed by atoms with van der Waals surface area (Å²) >= 11 is 0. The van der Waals surface area contributed by atoms with Gasteiger partial charge in [0, 0.05) is 19.5 Å². The second-order valence-electron chi connectivity index (χ2n) is 8.37. The van der Waals surface area contributed by atoms with Crippen LogP contribution in [0.1, 0.15) is 31.2 Å². The second kappa shape index (κ2) is 17.1. The molecule has 0 radical (unpaired) electrons. The van der Waals surface area contributed by atoms with E-state index in [0.717, 1.165) is 5.56 Å². The summed E-state index contributed by atoms with van der Waals surface area (Å²) in [5, 5.41) is 17.2. The van der Waals surface area contributed by atoms with Crippen LogP contribution in [0.15, 0.2) is 40.3 Å². The first-order chi connectivity index (χ1) is 18.0. The van der Waals surface area contributed by atoms with Gasteiger partial charge in [-0.15, -0.1) is 0 Å². The predicted octanol–water partition coefficient (Wildman–Crippen LogP) is -3.17. The van der Waals surface area contributed by atoms with E-state index in [1.165, 1.54) is 0 Å². The predicted molar refractivity (Wildman–Crippen MR) is 142 cm³/mol. The molecule has 0 aromatic heterocycles. The van der Waals surface area contributed by atoms with Gasteiger partial charge in [0.05, 0.1) is 6.54 Å². The maximum absolute atomic E-state index is 13.2. The lowest BCUT2D eigenvalue weighted by Crippen LogP contribution is -2.56. The van der Waals surface area contributed by atoms with Crippen LogP contribution in [0.25, 0.3) is 0 Å². The normalized spacial score (nSPS) is 12.8. The molecular weight excluding hydrogens is 496 g/mol. The number of nitrogens with two attached hydrogens (primary N) is 5. The Morgan fingerprint density at radius 2 is 1.26 bits per heavy atom. The van der Waals surface area contributed by atoms with Gasteiger partial charge in [-0.2, -0.15) is 0 Å². The Balaban J connectivity index is 3.03. The second-order valence-corrected chi connectivity index (χ2v) is 8.37. The van der Waals surface area contributed by atoms with Crippen molar-refractivity contribution < 1.29 is 24.3 Å². The summed E-state index contributed by atoms with van der Waals surface area (Å²) in [6, 6.07) is 5.54. The smallest absolute Gasteiger partial charge is 0.326 e. The largest absolute Gasteiger partial charge is 0.480 e. The number of nitrogens with one attached hydrogen (secondary N) is 3. The van der Waals surface area contributed by atoms with Crippen LogP contribution in [0.5, 0.6) is 0 Å². The lowest BCUT2D eigenvalue weighted by Gasteiger charge is -2.24. The Labute approximate surface area is 220 Å². The van der Waals surface area contributed by atoms with E-state index in [1.54, 1.807) is 24.3 Å². The number of nitrogens with zero attached hydrogens (tertiary/aromatic N) is 2. The summed E-state index contributed by atoms with van der Waals surface area (Å²) in [5.41, 5.74) is 27.4. The first-order valence-electron chi connectivity index (χ1n) is 12.0. The zero-order valence-corrected chi connectivity index (χ0v) is 21.1. The van der Waals surface area contributed by atoms with Crippen molar-refractivity contribution in [1.82, 2.24) is 16.0 Å². The highest BCUT2D eigenvalue weighted by atomic mass is 16.4. The molecule has 3 amide bonds. The number of carboxylic acids is 1. The number of amides is 3. The molecule has 0 saturated heterocycles. The van der Waals surface area contributed by atoms with Crippen molar-refractivity contribution in [3.63, 3.8) is 0 Å². The number of hydrogen-bond donors (Lipinski definition) is 9. The van der Waals surface area contributed by atoms with Gasteiger partial charge in [0.25, 0.3) is 0 Å². The van der Waals surface area contributed by atoms with Crippen LogP contribution in [0.3, 0.4) is 0 Å². The SMILES string of the molecule is NCC(=O)NC(Cc1ccccc1)C(=O)NC(CCCN=C(N)N)C(=O)NC(CCCN=C(N)N)C(=O)O. The number of benzene rings is 1. The van der Waals surface area contributed by atoms with Crippen LogP contribution in [-0.2, 0) is 25.6 Å². The van der Waals surface area contributed by atoms with Gasteiger partial charge in [-0.05, 0) is 31.2 Å². The van der Waals surface area contributed by atoms with E-state index in [1.807, 2.05) is 6.07 Å². The molecule has 0 heterocycles. The van der Waals surface area contributed by atoms with Crippen molar-refractivity contribution >= 4 is 35.6 Å². The van der Waals surface area contributed by atoms with Crippen LogP contribution < -0.4 is 44.6 Å². The van der Waals surface area contributed by atoms with Gasteiger partial charge in [0.1, 0.15) is 18.1 Å². The summed E-state index contributed by atoms with van der Waals surface area (Å²) in [7, 11) is 0. The third kappa shape index (κ3) is 13.1. The highest BCUT2D eigenvalue weighted by molar-refractivity contribution is 5.93. The molecule has 1 aromatic carbocycles. The average molecular weight is 535 g/mol. The minimum Gasteiger partial charge on any atom is -0.480 e. The molecule has 0 aliphatic rings. The summed E-state index contributed by atoms with van der Waals surface area (Å²) in [5.74, 6) is -3.43. The maximum atomic E-state index is 13.2. The van der Waals surface area contributed by atoms with E-state index in [4.69, 9.17) is 28.7 Å². The zero-order valence-electron chi connectivity index (χ0n) is 21.1. The Kier molecular flexibility index (Phi) is 14.3. The molecule has 1 rings (SSSR count). The topological polar surface area (TPSA) is 279 Å². The first-order valence-corrected chi connectivity index (χ1v) is 12.0. The number of guanidine groups is 2. The number of rotatable bonds is 17. The third-order valence-electron chi connectivity index (χ3n) is 5.26. The van der Waals surface area contributed by atoms with E-state index in [9.17, 15) is 24.3 Å². The molecule has 38 heavy (non-hydrogen) atoms. The van der Waals surface area contributed by atoms with Gasteiger partial charge >= 0.3 is 5.97 Å². The third-order valence-corrected chi connectivity index (χ3v) is 5.26. The molecule has 15 heteroatoms. The molecule has 0 fully saturated rings. The van der Waals surface area contributed by atoms with E-state index < -0.39 is 41.8 Å². The molecule has 3 atom stereocenters. The summed E-state index contributed by atoms with van der Waals surface area (Å²) < 4.78 is 0. The fourth-order valence-electron chi connectivity index (χ4n) is 3.39. The minimum atomic E-state index is -1.26. The van der Waals surface area contributed by atoms with E-state index >= 15 is 0 Å². The van der Waals surface area contributed by atoms with Crippen molar-refractivity contribution in [2.24, 2.45) is 38.7 Å². The standard InChI is InChI=1S/C23H38N10O5/c24-13-18(34)31-17(12-14-6-2-1-3-7-14)20(36)32-15(8-4-10-29-22(25)26)19(35)33-16(21(37)38)9-5-11-30-23(27)28/h1-3,6-7,15-17H,4-5,8-13,24H2,(H,31,34)(H,32,36)(H,33,35)(H,37,38)(H4,25,26,29)(H4,27,28,30). The van der Waals surface area contributed by atoms with Gasteiger partial charge in [-0.1, -0.05) is 30.3 Å². The summed E-state index contributed by atoms with van der Waals surface area (Å²) in [4.78, 5) is 57.6. The number of aliphatic imine (C=N–C) groups is 2. The van der Waals surface area contributed by atoms with Gasteiger partial charge < -0.3 is 49.7 Å². The number of carbonyl (C=O) groups excluding carboxylic acids is 3. The maximum Gasteiger partial charge on any atom is 0.326 e. The Hall–Kier alpha value is -4.40. The minimum absolute atomic E-state index is 0.0513. The quantitative estimate of drug-likeness (QED) is 0.0549. The van der Waals surface area contributed by atoms with Crippen molar-refractivity contribution in [2.75, 3.05) is 19.6 Å². The number of carboxylic acid groups (broad SMARTS) is 1. The molecular formula is C23H38N10O5. The monoisotopic (exact) mass is 534 g/mol. The van der Waals surface area contributed by atoms with E-state index in [-0.39, 0.29) is 50.8 Å². The van der Waals surface area contributed by atoms with Crippen LogP contribution >= 0.6 is 0 Å². The molecule has 0 spiro atoms. The van der Waals surface area contributed by atoms with Gasteiger partial charge in [-0.25, -0.2) is 4.79 Å². The van der Waals surface area contributed by atoms with Crippen molar-refractivity contribution in [3.05, 3.63) is 35.9 Å². The molecule has 1 aromatic rings. The molecule has 0 saturated carbocycles. The average Bonchev–Trinajstić information content (AvgIpc) is 2.86. The fourth-order valence-corrected chi connectivity index (χ4v) is 3.39. The lowest BCUT2D eigenvalue weighted by atomic mass is 10.0. The summed E-state index contributed by atoms with van der Waals surface area (Å²) in [6.45, 7) is 0.0318. The highest BCUT2D eigenvalue weighted by Gasteiger charge is 2.29. The molecule has 0 aliphatic carbocycles. The molecule has 0 aliphatic heterocycles. The van der Waals surface area contributed by atoms with Crippen LogP contribution in [0.4, 0.5) is 0 Å². The van der Waals surface area contributed by atoms with Crippen molar-refractivity contribution in [2.45, 2.75) is 50.2 Å². The van der Waals surface area contributed by atoms with Crippen molar-refractivity contribution in [1.29, 1.82) is 0 Å². The van der Waals surface area contributed by atoms with E-state index in [2.05, 4.69) is 25.9 Å². The number of carbonyl (C=O) groups is 4. The summed E-state index contributed by atoms with van der Waals surface area (Å²) in [6.07, 6.45) is 0.883. The van der Waals surface area contributed by atoms with Crippen molar-refractivity contribution in [3.8, 4) is 0 Å². The molecule has 3 unspecified atom stereocenters. The Morgan fingerprint density at radius 1 is 0.763 bits per heavy atom. The molecule has 210 valence electrons.